The predicted octanol–water partition coefficient (Wildman–Crippen LogP) is 4.57. The normalized spacial score (nSPS) is 12.8. The minimum Gasteiger partial charge on any atom is -0.457 e. The highest BCUT2D eigenvalue weighted by Gasteiger charge is 2.42. The molecular formula is C14H11ClF3NO2. The largest absolute Gasteiger partial charge is 0.457 e. The van der Waals surface area contributed by atoms with Gasteiger partial charge in [-0.3, -0.25) is 0 Å². The third-order valence-electron chi connectivity index (χ3n) is 2.45. The van der Waals surface area contributed by atoms with Gasteiger partial charge >= 0.3 is 6.11 Å². The second-order valence-electron chi connectivity index (χ2n) is 4.11. The van der Waals surface area contributed by atoms with Crippen LogP contribution < -0.4 is 15.2 Å². The molecule has 0 bridgehead atoms. The lowest BCUT2D eigenvalue weighted by Crippen LogP contribution is -2.32. The summed E-state index contributed by atoms with van der Waals surface area (Å²) in [6, 6.07) is 11.9. The van der Waals surface area contributed by atoms with Crippen LogP contribution in [0.3, 0.4) is 0 Å². The lowest BCUT2D eigenvalue weighted by molar-refractivity contribution is -0.199. The van der Waals surface area contributed by atoms with Gasteiger partial charge in [0.25, 0.3) is 5.63 Å². The van der Waals surface area contributed by atoms with Gasteiger partial charge in [-0.05, 0) is 48.5 Å². The Labute approximate surface area is 124 Å². The van der Waals surface area contributed by atoms with E-state index in [1.54, 1.807) is 24.3 Å². The molecule has 7 heteroatoms. The van der Waals surface area contributed by atoms with Crippen LogP contribution in [-0.4, -0.2) is 11.7 Å². The highest BCUT2D eigenvalue weighted by molar-refractivity contribution is 6.20. The maximum Gasteiger partial charge on any atom is 0.444 e. The Morgan fingerprint density at radius 2 is 1.33 bits per heavy atom. The van der Waals surface area contributed by atoms with E-state index in [-0.39, 0.29) is 5.75 Å². The van der Waals surface area contributed by atoms with E-state index in [1.807, 2.05) is 0 Å². The van der Waals surface area contributed by atoms with E-state index < -0.39 is 11.7 Å². The van der Waals surface area contributed by atoms with Crippen LogP contribution in [0.4, 0.5) is 18.9 Å². The van der Waals surface area contributed by atoms with Crippen molar-refractivity contribution in [2.75, 3.05) is 5.73 Å². The third kappa shape index (κ3) is 4.19. The standard InChI is InChI=1S/C14H11ClF3NO2/c15-13(16)14(17,18)21-12-7-5-11(6-8-12)20-10-3-1-9(19)2-4-10/h1-8,13H,19H2. The molecule has 2 N–H and O–H groups in total. The highest BCUT2D eigenvalue weighted by Crippen LogP contribution is 2.30. The first-order chi connectivity index (χ1) is 9.87. The molecule has 0 saturated heterocycles. The van der Waals surface area contributed by atoms with Gasteiger partial charge < -0.3 is 15.2 Å². The number of benzene rings is 2. The van der Waals surface area contributed by atoms with Crippen molar-refractivity contribution < 1.29 is 22.6 Å². The van der Waals surface area contributed by atoms with Gasteiger partial charge in [-0.15, -0.1) is 0 Å². The maximum absolute atomic E-state index is 12.9. The van der Waals surface area contributed by atoms with E-state index in [4.69, 9.17) is 22.1 Å². The Hall–Kier alpha value is -2.08. The first-order valence-electron chi connectivity index (χ1n) is 5.85. The summed E-state index contributed by atoms with van der Waals surface area (Å²) in [6.07, 6.45) is -4.10. The molecule has 0 aromatic heterocycles. The fraction of sp³-hybridized carbons (Fsp3) is 0.143. The molecule has 0 aliphatic carbocycles. The molecule has 0 amide bonds. The maximum atomic E-state index is 12.9. The van der Waals surface area contributed by atoms with Crippen molar-refractivity contribution in [3.63, 3.8) is 0 Å². The monoisotopic (exact) mass is 317 g/mol. The zero-order valence-corrected chi connectivity index (χ0v) is 11.4. The first kappa shape index (κ1) is 15.3. The van der Waals surface area contributed by atoms with Gasteiger partial charge in [-0.25, -0.2) is 4.39 Å². The number of hydrogen-bond donors (Lipinski definition) is 1. The SMILES string of the molecule is Nc1ccc(Oc2ccc(OC(F)(F)C(F)Cl)cc2)cc1. The summed E-state index contributed by atoms with van der Waals surface area (Å²) in [4.78, 5) is 0. The number of rotatable bonds is 5. The van der Waals surface area contributed by atoms with E-state index in [0.29, 0.717) is 17.2 Å². The summed E-state index contributed by atoms with van der Waals surface area (Å²) < 4.78 is 47.9. The van der Waals surface area contributed by atoms with E-state index in [0.717, 1.165) is 0 Å². The molecule has 112 valence electrons. The summed E-state index contributed by atoms with van der Waals surface area (Å²) >= 11 is 4.69. The van der Waals surface area contributed by atoms with Crippen LogP contribution in [0.1, 0.15) is 0 Å². The molecule has 2 aromatic carbocycles. The Morgan fingerprint density at radius 3 is 1.81 bits per heavy atom. The van der Waals surface area contributed by atoms with Crippen molar-refractivity contribution in [3.8, 4) is 17.2 Å². The quantitative estimate of drug-likeness (QED) is 0.649. The van der Waals surface area contributed by atoms with Crippen molar-refractivity contribution in [2.45, 2.75) is 11.7 Å². The highest BCUT2D eigenvalue weighted by atomic mass is 35.5. The molecule has 0 heterocycles. The molecule has 0 radical (unpaired) electrons. The number of nitrogen functional groups attached to an aromatic ring is 1. The van der Waals surface area contributed by atoms with Gasteiger partial charge in [0.1, 0.15) is 17.2 Å². The zero-order chi connectivity index (χ0) is 15.5. The van der Waals surface area contributed by atoms with Gasteiger partial charge in [0.15, 0.2) is 0 Å². The van der Waals surface area contributed by atoms with Gasteiger partial charge in [-0.2, -0.15) is 8.78 Å². The number of ether oxygens (including phenoxy) is 2. The molecule has 0 aliphatic heterocycles. The van der Waals surface area contributed by atoms with Crippen LogP contribution in [-0.2, 0) is 0 Å². The molecule has 2 aromatic rings. The fourth-order valence-electron chi connectivity index (χ4n) is 1.45. The number of alkyl halides is 4. The van der Waals surface area contributed by atoms with Gasteiger partial charge in [0, 0.05) is 5.69 Å². The van der Waals surface area contributed by atoms with Crippen molar-refractivity contribution in [2.24, 2.45) is 0 Å². The van der Waals surface area contributed by atoms with Crippen LogP contribution >= 0.6 is 11.6 Å². The van der Waals surface area contributed by atoms with Crippen molar-refractivity contribution in [3.05, 3.63) is 48.5 Å². The van der Waals surface area contributed by atoms with Crippen LogP contribution in [0, 0.1) is 0 Å². The molecule has 2 rings (SSSR count). The second kappa shape index (κ2) is 6.13. The molecule has 3 nitrogen and oxygen atoms in total. The van der Waals surface area contributed by atoms with Crippen molar-refractivity contribution in [1.29, 1.82) is 0 Å². The summed E-state index contributed by atoms with van der Waals surface area (Å²) in [5, 5.41) is 0. The average Bonchev–Trinajstić information content (AvgIpc) is 2.43. The van der Waals surface area contributed by atoms with E-state index in [9.17, 15) is 13.2 Å². The zero-order valence-electron chi connectivity index (χ0n) is 10.6. The topological polar surface area (TPSA) is 44.5 Å². The van der Waals surface area contributed by atoms with Gasteiger partial charge in [0.05, 0.1) is 0 Å². The van der Waals surface area contributed by atoms with E-state index >= 15 is 0 Å². The number of nitrogens with two attached hydrogens (primary N) is 1. The Bertz CT molecular complexity index is 588. The van der Waals surface area contributed by atoms with Crippen molar-refractivity contribution >= 4 is 17.3 Å². The van der Waals surface area contributed by atoms with Gasteiger partial charge in [-0.1, -0.05) is 11.6 Å². The first-order valence-corrected chi connectivity index (χ1v) is 6.29. The Balaban J connectivity index is 2.03. The molecule has 0 spiro atoms. The van der Waals surface area contributed by atoms with E-state index in [2.05, 4.69) is 4.74 Å². The summed E-state index contributed by atoms with van der Waals surface area (Å²) in [6.45, 7) is 0. The number of hydrogen-bond acceptors (Lipinski definition) is 3. The molecule has 1 atom stereocenters. The van der Waals surface area contributed by atoms with Crippen LogP contribution in [0.25, 0.3) is 0 Å². The minimum absolute atomic E-state index is 0.229. The minimum atomic E-state index is -4.10. The molecule has 1 unspecified atom stereocenters. The Morgan fingerprint density at radius 1 is 0.905 bits per heavy atom. The molecular weight excluding hydrogens is 307 g/mol. The smallest absolute Gasteiger partial charge is 0.444 e. The molecule has 0 saturated carbocycles. The summed E-state index contributed by atoms with van der Waals surface area (Å²) in [5.41, 5.74) is 3.20. The third-order valence-corrected chi connectivity index (χ3v) is 2.70. The van der Waals surface area contributed by atoms with Crippen LogP contribution in [0.5, 0.6) is 17.2 Å². The molecule has 0 fully saturated rings. The van der Waals surface area contributed by atoms with Gasteiger partial charge in [0.2, 0.25) is 0 Å². The molecule has 21 heavy (non-hydrogen) atoms. The van der Waals surface area contributed by atoms with Crippen LogP contribution in [0.15, 0.2) is 48.5 Å². The van der Waals surface area contributed by atoms with E-state index in [1.165, 1.54) is 24.3 Å². The van der Waals surface area contributed by atoms with Crippen molar-refractivity contribution in [1.82, 2.24) is 0 Å². The van der Waals surface area contributed by atoms with Crippen LogP contribution in [0.2, 0.25) is 0 Å². The molecule has 0 aliphatic rings. The predicted molar refractivity (Wildman–Crippen MR) is 73.7 cm³/mol. The lowest BCUT2D eigenvalue weighted by Gasteiger charge is -2.17. The fourth-order valence-corrected chi connectivity index (χ4v) is 1.49. The number of anilines is 1. The summed E-state index contributed by atoms with van der Waals surface area (Å²) in [5.74, 6) is 0.707. The summed E-state index contributed by atoms with van der Waals surface area (Å²) in [7, 11) is 0. The number of halogens is 4. The average molecular weight is 318 g/mol. The lowest BCUT2D eigenvalue weighted by atomic mass is 10.3. The second-order valence-corrected chi connectivity index (χ2v) is 4.49. The Kier molecular flexibility index (Phi) is 4.47.